The zero-order valence-corrected chi connectivity index (χ0v) is 14.7. The molecule has 0 bridgehead atoms. The van der Waals surface area contributed by atoms with Crippen LogP contribution in [0.1, 0.15) is 31.3 Å². The van der Waals surface area contributed by atoms with Crippen LogP contribution in [0, 0.1) is 27.4 Å². The molecule has 3 aromatic rings. The average Bonchev–Trinajstić information content (AvgIpc) is 3.16. The van der Waals surface area contributed by atoms with Gasteiger partial charge in [0.1, 0.15) is 12.1 Å². The van der Waals surface area contributed by atoms with Crippen molar-refractivity contribution < 1.29 is 9.45 Å². The van der Waals surface area contributed by atoms with Crippen LogP contribution in [0.2, 0.25) is 0 Å². The minimum absolute atomic E-state index is 0.0532. The van der Waals surface area contributed by atoms with Crippen molar-refractivity contribution in [2.45, 2.75) is 19.9 Å². The number of nitrogens with one attached hydrogen (secondary N) is 1. The van der Waals surface area contributed by atoms with Crippen molar-refractivity contribution in [1.29, 1.82) is 5.26 Å². The lowest BCUT2D eigenvalue weighted by Gasteiger charge is -2.20. The van der Waals surface area contributed by atoms with E-state index in [1.54, 1.807) is 24.5 Å². The fraction of sp³-hybridized carbons (Fsp3) is 0.222. The summed E-state index contributed by atoms with van der Waals surface area (Å²) in [5, 5.41) is 27.4. The Balaban J connectivity index is 1.91. The van der Waals surface area contributed by atoms with E-state index in [4.69, 9.17) is 4.52 Å². The van der Waals surface area contributed by atoms with E-state index in [9.17, 15) is 15.4 Å². The third-order valence-corrected chi connectivity index (χ3v) is 3.96. The highest BCUT2D eigenvalue weighted by molar-refractivity contribution is 5.62. The first-order chi connectivity index (χ1) is 13.0. The van der Waals surface area contributed by atoms with Gasteiger partial charge in [0.05, 0.1) is 16.2 Å². The van der Waals surface area contributed by atoms with E-state index in [1.807, 2.05) is 19.9 Å². The number of pyridine rings is 1. The Morgan fingerprint density at radius 1 is 1.26 bits per heavy atom. The smallest absolute Gasteiger partial charge is 0.270 e. The second kappa shape index (κ2) is 7.61. The van der Waals surface area contributed by atoms with Gasteiger partial charge in [-0.2, -0.15) is 10.2 Å². The number of nitro groups is 1. The van der Waals surface area contributed by atoms with Gasteiger partial charge in [0.2, 0.25) is 11.7 Å². The van der Waals surface area contributed by atoms with Crippen molar-refractivity contribution in [3.05, 3.63) is 64.3 Å². The van der Waals surface area contributed by atoms with Gasteiger partial charge >= 0.3 is 0 Å². The monoisotopic (exact) mass is 364 g/mol. The maximum Gasteiger partial charge on any atom is 0.270 e. The van der Waals surface area contributed by atoms with Gasteiger partial charge in [-0.15, -0.1) is 0 Å². The standard InChI is InChI=1S/C18H16N6O3/c1-11(2)16(18-22-17(23-27-18)12-5-7-20-8-6-12)21-15-4-3-14(24(25)26)9-13(15)10-19/h3-9,11,16,21H,1-2H3. The van der Waals surface area contributed by atoms with Gasteiger partial charge in [-0.1, -0.05) is 19.0 Å². The van der Waals surface area contributed by atoms with Gasteiger partial charge < -0.3 is 9.84 Å². The largest absolute Gasteiger partial charge is 0.372 e. The predicted octanol–water partition coefficient (Wildman–Crippen LogP) is 3.72. The molecule has 1 aromatic carbocycles. The van der Waals surface area contributed by atoms with Gasteiger partial charge in [0.25, 0.3) is 5.69 Å². The third-order valence-electron chi connectivity index (χ3n) is 3.96. The van der Waals surface area contributed by atoms with E-state index in [0.29, 0.717) is 17.4 Å². The molecular formula is C18H16N6O3. The number of nitro benzene ring substituents is 1. The average molecular weight is 364 g/mol. The Morgan fingerprint density at radius 3 is 2.63 bits per heavy atom. The van der Waals surface area contributed by atoms with Crippen molar-refractivity contribution in [2.75, 3.05) is 5.32 Å². The van der Waals surface area contributed by atoms with Gasteiger partial charge in [-0.25, -0.2) is 0 Å². The lowest BCUT2D eigenvalue weighted by molar-refractivity contribution is -0.384. The summed E-state index contributed by atoms with van der Waals surface area (Å²) in [6.07, 6.45) is 3.28. The first-order valence-electron chi connectivity index (χ1n) is 8.18. The van der Waals surface area contributed by atoms with E-state index in [-0.39, 0.29) is 23.2 Å². The summed E-state index contributed by atoms with van der Waals surface area (Å²) in [5.74, 6) is 0.848. The summed E-state index contributed by atoms with van der Waals surface area (Å²) in [5.41, 5.74) is 1.26. The van der Waals surface area contributed by atoms with Crippen LogP contribution in [-0.2, 0) is 0 Å². The highest BCUT2D eigenvalue weighted by Crippen LogP contribution is 2.30. The van der Waals surface area contributed by atoms with Crippen molar-refractivity contribution in [1.82, 2.24) is 15.1 Å². The lowest BCUT2D eigenvalue weighted by Crippen LogP contribution is -2.18. The van der Waals surface area contributed by atoms with E-state index in [2.05, 4.69) is 20.4 Å². The molecule has 9 nitrogen and oxygen atoms in total. The molecule has 2 heterocycles. The van der Waals surface area contributed by atoms with Gasteiger partial charge in [0, 0.05) is 30.1 Å². The molecule has 1 N–H and O–H groups in total. The molecule has 0 spiro atoms. The molecule has 0 aliphatic rings. The molecule has 0 fully saturated rings. The van der Waals surface area contributed by atoms with Crippen LogP contribution in [0.5, 0.6) is 0 Å². The second-order valence-electron chi connectivity index (χ2n) is 6.16. The van der Waals surface area contributed by atoms with Crippen molar-refractivity contribution in [2.24, 2.45) is 5.92 Å². The molecule has 136 valence electrons. The minimum atomic E-state index is -0.538. The van der Waals surface area contributed by atoms with Crippen LogP contribution in [0.25, 0.3) is 11.4 Å². The topological polar surface area (TPSA) is 131 Å². The Morgan fingerprint density at radius 2 is 2.00 bits per heavy atom. The summed E-state index contributed by atoms with van der Waals surface area (Å²) in [6, 6.07) is 9.23. The highest BCUT2D eigenvalue weighted by atomic mass is 16.6. The molecule has 2 aromatic heterocycles. The maximum absolute atomic E-state index is 10.9. The molecule has 27 heavy (non-hydrogen) atoms. The van der Waals surface area contributed by atoms with Crippen molar-refractivity contribution in [3.8, 4) is 17.5 Å². The van der Waals surface area contributed by atoms with Gasteiger partial charge in [-0.3, -0.25) is 15.1 Å². The summed E-state index contributed by atoms with van der Waals surface area (Å²) < 4.78 is 5.42. The second-order valence-corrected chi connectivity index (χ2v) is 6.16. The normalized spacial score (nSPS) is 11.8. The first-order valence-corrected chi connectivity index (χ1v) is 8.18. The van der Waals surface area contributed by atoms with E-state index >= 15 is 0 Å². The van der Waals surface area contributed by atoms with Crippen LogP contribution in [0.15, 0.2) is 47.2 Å². The quantitative estimate of drug-likeness (QED) is 0.517. The predicted molar refractivity (Wildman–Crippen MR) is 96.5 cm³/mol. The SMILES string of the molecule is CC(C)C(Nc1ccc([N+](=O)[O-])cc1C#N)c1nc(-c2ccncc2)no1. The Bertz CT molecular complexity index is 994. The highest BCUT2D eigenvalue weighted by Gasteiger charge is 2.24. The molecule has 9 heteroatoms. The number of rotatable bonds is 6. The maximum atomic E-state index is 10.9. The molecule has 0 saturated carbocycles. The zero-order valence-electron chi connectivity index (χ0n) is 14.7. The lowest BCUT2D eigenvalue weighted by atomic mass is 10.0. The van der Waals surface area contributed by atoms with Gasteiger partial charge in [0.15, 0.2) is 0 Å². The number of anilines is 1. The number of hydrogen-bond acceptors (Lipinski definition) is 8. The van der Waals surface area contributed by atoms with Crippen LogP contribution < -0.4 is 5.32 Å². The molecule has 0 saturated heterocycles. The molecule has 3 rings (SSSR count). The van der Waals surface area contributed by atoms with E-state index in [0.717, 1.165) is 5.56 Å². The minimum Gasteiger partial charge on any atom is -0.372 e. The van der Waals surface area contributed by atoms with Gasteiger partial charge in [-0.05, 0) is 24.1 Å². The number of benzene rings is 1. The van der Waals surface area contributed by atoms with Crippen LogP contribution in [0.3, 0.4) is 0 Å². The summed E-state index contributed by atoms with van der Waals surface area (Å²) in [6.45, 7) is 3.93. The number of aromatic nitrogens is 3. The number of nitriles is 1. The summed E-state index contributed by atoms with van der Waals surface area (Å²) in [4.78, 5) is 18.8. The molecule has 1 unspecified atom stereocenters. The Hall–Kier alpha value is -3.80. The van der Waals surface area contributed by atoms with Crippen molar-refractivity contribution in [3.63, 3.8) is 0 Å². The van der Waals surface area contributed by atoms with Crippen LogP contribution >= 0.6 is 0 Å². The fourth-order valence-electron chi connectivity index (χ4n) is 2.53. The molecule has 0 radical (unpaired) electrons. The van der Waals surface area contributed by atoms with Crippen LogP contribution in [0.4, 0.5) is 11.4 Å². The fourth-order valence-corrected chi connectivity index (χ4v) is 2.53. The zero-order chi connectivity index (χ0) is 19.4. The Labute approximate surface area is 154 Å². The van der Waals surface area contributed by atoms with E-state index < -0.39 is 4.92 Å². The molecule has 0 aliphatic carbocycles. The molecule has 0 aliphatic heterocycles. The van der Waals surface area contributed by atoms with Crippen LogP contribution in [-0.4, -0.2) is 20.0 Å². The first kappa shape index (κ1) is 18.0. The van der Waals surface area contributed by atoms with E-state index in [1.165, 1.54) is 18.2 Å². The summed E-state index contributed by atoms with van der Waals surface area (Å²) >= 11 is 0. The number of nitrogens with zero attached hydrogens (tertiary/aromatic N) is 5. The van der Waals surface area contributed by atoms with Crippen molar-refractivity contribution >= 4 is 11.4 Å². The number of non-ortho nitro benzene ring substituents is 1. The molecular weight excluding hydrogens is 348 g/mol. The number of hydrogen-bond donors (Lipinski definition) is 1. The molecule has 1 atom stereocenters. The summed E-state index contributed by atoms with van der Waals surface area (Å²) in [7, 11) is 0. The molecule has 0 amide bonds. The Kier molecular flexibility index (Phi) is 5.08. The third kappa shape index (κ3) is 3.90.